The molecule has 1 aromatic heterocycles. The van der Waals surface area contributed by atoms with Gasteiger partial charge < -0.3 is 9.32 Å². The van der Waals surface area contributed by atoms with Gasteiger partial charge in [0.15, 0.2) is 9.84 Å². The molecule has 0 aliphatic carbocycles. The monoisotopic (exact) mass is 459 g/mol. The van der Waals surface area contributed by atoms with Gasteiger partial charge in [0.2, 0.25) is 11.8 Å². The molecule has 0 spiro atoms. The van der Waals surface area contributed by atoms with Crippen LogP contribution in [0.25, 0.3) is 11.5 Å². The zero-order valence-corrected chi connectivity index (χ0v) is 17.3. The molecule has 1 aliphatic heterocycles. The fourth-order valence-corrected chi connectivity index (χ4v) is 5.71. The minimum Gasteiger partial charge on any atom is -0.411 e. The SMILES string of the molecule is CCN(C(=O)CSc1nnc(-c2ccccc2Br)o1)[C@@H]1CCS(=O)(=O)C1. The van der Waals surface area contributed by atoms with E-state index < -0.39 is 9.84 Å². The van der Waals surface area contributed by atoms with E-state index >= 15 is 0 Å². The number of hydrogen-bond acceptors (Lipinski definition) is 7. The van der Waals surface area contributed by atoms with Crippen LogP contribution in [0.2, 0.25) is 0 Å². The van der Waals surface area contributed by atoms with E-state index in [1.165, 1.54) is 0 Å². The molecule has 2 aromatic rings. The van der Waals surface area contributed by atoms with Crippen molar-refractivity contribution in [3.05, 3.63) is 28.7 Å². The molecular formula is C16H18BrN3O4S2. The lowest BCUT2D eigenvalue weighted by Crippen LogP contribution is -2.41. The Morgan fingerprint density at radius 1 is 1.38 bits per heavy atom. The van der Waals surface area contributed by atoms with Crippen LogP contribution >= 0.6 is 27.7 Å². The summed E-state index contributed by atoms with van der Waals surface area (Å²) in [7, 11) is -3.03. The number of amides is 1. The third-order valence-corrected chi connectivity index (χ3v) is 7.39. The quantitative estimate of drug-likeness (QED) is 0.612. The molecule has 0 bridgehead atoms. The second-order valence-corrected chi connectivity index (χ2v) is 9.89. The summed E-state index contributed by atoms with van der Waals surface area (Å²) in [6, 6.07) is 7.26. The van der Waals surface area contributed by atoms with Crippen molar-refractivity contribution in [1.29, 1.82) is 0 Å². The van der Waals surface area contributed by atoms with Gasteiger partial charge in [0.1, 0.15) is 0 Å². The van der Waals surface area contributed by atoms with Gasteiger partial charge in [-0.25, -0.2) is 8.42 Å². The Morgan fingerprint density at radius 3 is 2.81 bits per heavy atom. The van der Waals surface area contributed by atoms with Crippen molar-refractivity contribution < 1.29 is 17.6 Å². The average molecular weight is 460 g/mol. The largest absolute Gasteiger partial charge is 0.411 e. The highest BCUT2D eigenvalue weighted by atomic mass is 79.9. The normalized spacial score (nSPS) is 18.8. The number of rotatable bonds is 6. The number of nitrogens with zero attached hydrogens (tertiary/aromatic N) is 3. The lowest BCUT2D eigenvalue weighted by molar-refractivity contribution is -0.129. The van der Waals surface area contributed by atoms with Crippen LogP contribution in [0.5, 0.6) is 0 Å². The molecule has 0 unspecified atom stereocenters. The molecule has 140 valence electrons. The Hall–Kier alpha value is -1.39. The summed E-state index contributed by atoms with van der Waals surface area (Å²) in [5.41, 5.74) is 0.782. The third-order valence-electron chi connectivity index (χ3n) is 4.14. The summed E-state index contributed by atoms with van der Waals surface area (Å²) in [4.78, 5) is 14.1. The van der Waals surface area contributed by atoms with Crippen molar-refractivity contribution in [2.45, 2.75) is 24.6 Å². The highest BCUT2D eigenvalue weighted by Crippen LogP contribution is 2.29. The number of benzene rings is 1. The molecular weight excluding hydrogens is 442 g/mol. The highest BCUT2D eigenvalue weighted by Gasteiger charge is 2.33. The molecule has 10 heteroatoms. The molecule has 1 fully saturated rings. The van der Waals surface area contributed by atoms with Crippen LogP contribution in [-0.4, -0.2) is 59.3 Å². The number of sulfone groups is 1. The van der Waals surface area contributed by atoms with Crippen LogP contribution in [0.3, 0.4) is 0 Å². The fraction of sp³-hybridized carbons (Fsp3) is 0.438. The number of carbonyl (C=O) groups is 1. The summed E-state index contributed by atoms with van der Waals surface area (Å²) < 4.78 is 29.8. The Kier molecular flexibility index (Phi) is 6.03. The summed E-state index contributed by atoms with van der Waals surface area (Å²) in [5, 5.41) is 8.29. The smallest absolute Gasteiger partial charge is 0.277 e. The van der Waals surface area contributed by atoms with Gasteiger partial charge in [-0.15, -0.1) is 10.2 Å². The molecule has 7 nitrogen and oxygen atoms in total. The van der Waals surface area contributed by atoms with Gasteiger partial charge in [-0.2, -0.15) is 0 Å². The van der Waals surface area contributed by atoms with Gasteiger partial charge in [-0.3, -0.25) is 4.79 Å². The predicted molar refractivity (Wildman–Crippen MR) is 103 cm³/mol. The molecule has 26 heavy (non-hydrogen) atoms. The molecule has 1 aromatic carbocycles. The molecule has 3 rings (SSSR count). The van der Waals surface area contributed by atoms with Crippen molar-refractivity contribution in [3.8, 4) is 11.5 Å². The highest BCUT2D eigenvalue weighted by molar-refractivity contribution is 9.10. The summed E-state index contributed by atoms with van der Waals surface area (Å²) in [6.07, 6.45) is 0.499. The van der Waals surface area contributed by atoms with Crippen molar-refractivity contribution in [2.75, 3.05) is 23.8 Å². The number of carbonyl (C=O) groups excluding carboxylic acids is 1. The van der Waals surface area contributed by atoms with Gasteiger partial charge in [0.25, 0.3) is 5.22 Å². The molecule has 0 saturated carbocycles. The molecule has 0 radical (unpaired) electrons. The Bertz CT molecular complexity index is 900. The maximum atomic E-state index is 12.5. The van der Waals surface area contributed by atoms with Crippen molar-refractivity contribution in [3.63, 3.8) is 0 Å². The molecule has 1 saturated heterocycles. The van der Waals surface area contributed by atoms with E-state index in [1.807, 2.05) is 31.2 Å². The Labute approximate surface area is 164 Å². The topological polar surface area (TPSA) is 93.4 Å². The zero-order chi connectivity index (χ0) is 18.7. The van der Waals surface area contributed by atoms with Gasteiger partial charge >= 0.3 is 0 Å². The van der Waals surface area contributed by atoms with Crippen LogP contribution in [-0.2, 0) is 14.6 Å². The first-order valence-electron chi connectivity index (χ1n) is 8.10. The minimum atomic E-state index is -3.03. The second kappa shape index (κ2) is 8.10. The van der Waals surface area contributed by atoms with Gasteiger partial charge in [-0.1, -0.05) is 23.9 Å². The second-order valence-electron chi connectivity index (χ2n) is 5.88. The molecule has 1 atom stereocenters. The van der Waals surface area contributed by atoms with Crippen molar-refractivity contribution in [1.82, 2.24) is 15.1 Å². The van der Waals surface area contributed by atoms with Crippen molar-refractivity contribution >= 4 is 43.4 Å². The van der Waals surface area contributed by atoms with Gasteiger partial charge in [0, 0.05) is 17.1 Å². The minimum absolute atomic E-state index is 0.0456. The van der Waals surface area contributed by atoms with E-state index in [2.05, 4.69) is 26.1 Å². The Morgan fingerprint density at radius 2 is 2.15 bits per heavy atom. The molecule has 0 N–H and O–H groups in total. The van der Waals surface area contributed by atoms with Gasteiger partial charge in [-0.05, 0) is 41.4 Å². The van der Waals surface area contributed by atoms with Crippen LogP contribution in [0.1, 0.15) is 13.3 Å². The average Bonchev–Trinajstić information content (AvgIpc) is 3.21. The van der Waals surface area contributed by atoms with Crippen molar-refractivity contribution in [2.24, 2.45) is 0 Å². The lowest BCUT2D eigenvalue weighted by atomic mass is 10.2. The van der Waals surface area contributed by atoms with Crippen LogP contribution in [0.4, 0.5) is 0 Å². The predicted octanol–water partition coefficient (Wildman–Crippen LogP) is 2.63. The first kappa shape index (κ1) is 19.4. The van der Waals surface area contributed by atoms with Crippen LogP contribution < -0.4 is 0 Å². The maximum Gasteiger partial charge on any atom is 0.277 e. The van der Waals surface area contributed by atoms with Gasteiger partial charge in [0.05, 0.1) is 22.8 Å². The molecule has 1 amide bonds. The van der Waals surface area contributed by atoms with Crippen LogP contribution in [0.15, 0.2) is 38.4 Å². The van der Waals surface area contributed by atoms with E-state index in [0.717, 1.165) is 21.8 Å². The molecule has 2 heterocycles. The number of thioether (sulfide) groups is 1. The van der Waals surface area contributed by atoms with E-state index in [1.54, 1.807) is 4.90 Å². The van der Waals surface area contributed by atoms with Crippen LogP contribution in [0, 0.1) is 0 Å². The molecule has 1 aliphatic rings. The van der Waals surface area contributed by atoms with E-state index in [9.17, 15) is 13.2 Å². The maximum absolute atomic E-state index is 12.5. The van der Waals surface area contributed by atoms with E-state index in [-0.39, 0.29) is 29.2 Å². The number of halogens is 1. The third kappa shape index (κ3) is 4.47. The first-order valence-corrected chi connectivity index (χ1v) is 11.7. The summed E-state index contributed by atoms with van der Waals surface area (Å²) >= 11 is 4.59. The van der Waals surface area contributed by atoms with E-state index in [4.69, 9.17) is 4.42 Å². The number of aromatic nitrogens is 2. The first-order chi connectivity index (χ1) is 12.4. The summed E-state index contributed by atoms with van der Waals surface area (Å²) in [5.74, 6) is 0.571. The fourth-order valence-electron chi connectivity index (χ4n) is 2.88. The van der Waals surface area contributed by atoms with E-state index in [0.29, 0.717) is 24.1 Å². The Balaban J connectivity index is 1.62. The summed E-state index contributed by atoms with van der Waals surface area (Å²) in [6.45, 7) is 2.33. The number of hydrogen-bond donors (Lipinski definition) is 0. The zero-order valence-electron chi connectivity index (χ0n) is 14.1. The lowest BCUT2D eigenvalue weighted by Gasteiger charge is -2.26. The standard InChI is InChI=1S/C16H18BrN3O4S2/c1-2-20(11-7-8-26(22,23)10-11)14(21)9-25-16-19-18-15(24-16)12-5-3-4-6-13(12)17/h3-6,11H,2,7-10H2,1H3/t11-/m1/s1.